The first kappa shape index (κ1) is 20.0. The topological polar surface area (TPSA) is 61.4 Å². The first-order valence-corrected chi connectivity index (χ1v) is 11.3. The van der Waals surface area contributed by atoms with Gasteiger partial charge in [0.15, 0.2) is 9.84 Å². The van der Waals surface area contributed by atoms with Crippen molar-refractivity contribution < 1.29 is 8.42 Å². The maximum absolute atomic E-state index is 12.3. The zero-order valence-corrected chi connectivity index (χ0v) is 17.5. The third kappa shape index (κ3) is 4.94. The van der Waals surface area contributed by atoms with E-state index in [1.807, 2.05) is 38.1 Å². The van der Waals surface area contributed by atoms with Crippen molar-refractivity contribution in [3.8, 4) is 0 Å². The Kier molecular flexibility index (Phi) is 5.99. The Bertz CT molecular complexity index is 905. The fourth-order valence-electron chi connectivity index (χ4n) is 3.41. The Hall–Kier alpha value is -1.76. The van der Waals surface area contributed by atoms with Crippen molar-refractivity contribution in [3.05, 3.63) is 52.5 Å². The molecule has 2 aromatic carbocycles. The van der Waals surface area contributed by atoms with Gasteiger partial charge < -0.3 is 15.5 Å². The number of nitrogens with zero attached hydrogens (tertiary/aromatic N) is 1. The van der Waals surface area contributed by atoms with Gasteiger partial charge in [-0.15, -0.1) is 0 Å². The van der Waals surface area contributed by atoms with E-state index in [1.54, 1.807) is 6.07 Å². The Labute approximate surface area is 166 Å². The minimum Gasteiger partial charge on any atom is -0.377 e. The molecule has 0 radical (unpaired) electrons. The lowest BCUT2D eigenvalue weighted by molar-refractivity contribution is 0.589. The monoisotopic (exact) mass is 407 g/mol. The lowest BCUT2D eigenvalue weighted by Crippen LogP contribution is -2.43. The minimum atomic E-state index is -3.34. The van der Waals surface area contributed by atoms with Crippen LogP contribution >= 0.6 is 11.6 Å². The van der Waals surface area contributed by atoms with Crippen LogP contribution < -0.4 is 15.5 Å². The summed E-state index contributed by atoms with van der Waals surface area (Å²) in [6, 6.07) is 11.3. The summed E-state index contributed by atoms with van der Waals surface area (Å²) in [4.78, 5) is 2.58. The maximum atomic E-state index is 12.3. The van der Waals surface area contributed by atoms with E-state index in [9.17, 15) is 8.42 Å². The van der Waals surface area contributed by atoms with Crippen LogP contribution in [0.1, 0.15) is 24.1 Å². The summed E-state index contributed by atoms with van der Waals surface area (Å²) >= 11 is 6.19. The minimum absolute atomic E-state index is 0.0822. The van der Waals surface area contributed by atoms with Gasteiger partial charge >= 0.3 is 0 Å². The Morgan fingerprint density at radius 2 is 1.85 bits per heavy atom. The highest BCUT2D eigenvalue weighted by Crippen LogP contribution is 2.31. The summed E-state index contributed by atoms with van der Waals surface area (Å²) in [5, 5.41) is 7.40. The maximum Gasteiger partial charge on any atom is 0.177 e. The van der Waals surface area contributed by atoms with E-state index in [1.165, 1.54) is 6.26 Å². The number of hydrogen-bond acceptors (Lipinski definition) is 5. The molecule has 1 aliphatic rings. The molecule has 0 bridgehead atoms. The van der Waals surface area contributed by atoms with Gasteiger partial charge in [0.1, 0.15) is 0 Å². The highest BCUT2D eigenvalue weighted by molar-refractivity contribution is 7.90. The SMILES string of the molecule is Cc1cc(Cl)cc(C(C)Nc2cc(N3CCNCC3)ccc2S(C)(=O)=O)c1. The fourth-order valence-corrected chi connectivity index (χ4v) is 4.54. The van der Waals surface area contributed by atoms with E-state index in [2.05, 4.69) is 21.6 Å². The predicted molar refractivity (Wildman–Crippen MR) is 113 cm³/mol. The molecule has 0 amide bonds. The van der Waals surface area contributed by atoms with E-state index in [0.717, 1.165) is 43.0 Å². The van der Waals surface area contributed by atoms with Crippen molar-refractivity contribution >= 4 is 32.8 Å². The van der Waals surface area contributed by atoms with Crippen LogP contribution in [0.4, 0.5) is 11.4 Å². The summed E-state index contributed by atoms with van der Waals surface area (Å²) < 4.78 is 24.6. The van der Waals surface area contributed by atoms with Crippen LogP contribution in [0.25, 0.3) is 0 Å². The van der Waals surface area contributed by atoms with Crippen molar-refractivity contribution in [2.24, 2.45) is 0 Å². The molecule has 7 heteroatoms. The van der Waals surface area contributed by atoms with E-state index in [4.69, 9.17) is 11.6 Å². The number of anilines is 2. The predicted octanol–water partition coefficient (Wildman–Crippen LogP) is 3.63. The number of halogens is 1. The molecule has 0 aromatic heterocycles. The largest absolute Gasteiger partial charge is 0.377 e. The van der Waals surface area contributed by atoms with Crippen molar-refractivity contribution in [3.63, 3.8) is 0 Å². The molecule has 5 nitrogen and oxygen atoms in total. The highest BCUT2D eigenvalue weighted by Gasteiger charge is 2.19. The van der Waals surface area contributed by atoms with Gasteiger partial charge in [-0.05, 0) is 55.3 Å². The average Bonchev–Trinajstić information content (AvgIpc) is 2.60. The molecule has 3 rings (SSSR count). The third-order valence-corrected chi connectivity index (χ3v) is 6.15. The van der Waals surface area contributed by atoms with Crippen molar-refractivity contribution in [2.75, 3.05) is 42.7 Å². The molecule has 0 aliphatic carbocycles. The van der Waals surface area contributed by atoms with Crippen LogP contribution in [0, 0.1) is 6.92 Å². The van der Waals surface area contributed by atoms with Gasteiger partial charge in [-0.2, -0.15) is 0 Å². The number of aryl methyl sites for hydroxylation is 1. The average molecular weight is 408 g/mol. The zero-order chi connectivity index (χ0) is 19.6. The summed E-state index contributed by atoms with van der Waals surface area (Å²) in [7, 11) is -3.34. The molecule has 0 spiro atoms. The van der Waals surface area contributed by atoms with Crippen LogP contribution in [0.15, 0.2) is 41.3 Å². The summed E-state index contributed by atoms with van der Waals surface area (Å²) in [6.07, 6.45) is 1.24. The number of nitrogens with one attached hydrogen (secondary N) is 2. The molecule has 1 heterocycles. The van der Waals surface area contributed by atoms with Crippen LogP contribution in [-0.2, 0) is 9.84 Å². The number of benzene rings is 2. The standard InChI is InChI=1S/C20H26ClN3O2S/c1-14-10-16(12-17(21)11-14)15(2)23-19-13-18(24-8-6-22-7-9-24)4-5-20(19)27(3,25)26/h4-5,10-13,15,22-23H,6-9H2,1-3H3. The number of piperazine rings is 1. The van der Waals surface area contributed by atoms with E-state index >= 15 is 0 Å². The smallest absolute Gasteiger partial charge is 0.177 e. The Morgan fingerprint density at radius 1 is 1.15 bits per heavy atom. The first-order chi connectivity index (χ1) is 12.7. The van der Waals surface area contributed by atoms with Crippen LogP contribution in [0.2, 0.25) is 5.02 Å². The summed E-state index contributed by atoms with van der Waals surface area (Å²) in [6.45, 7) is 7.66. The lowest BCUT2D eigenvalue weighted by atomic mass is 10.1. The number of hydrogen-bond donors (Lipinski definition) is 2. The van der Waals surface area contributed by atoms with Crippen LogP contribution in [0.3, 0.4) is 0 Å². The van der Waals surface area contributed by atoms with Gasteiger partial charge in [0.25, 0.3) is 0 Å². The van der Waals surface area contributed by atoms with Gasteiger partial charge in [0, 0.05) is 49.2 Å². The highest BCUT2D eigenvalue weighted by atomic mass is 35.5. The van der Waals surface area contributed by atoms with Crippen molar-refractivity contribution in [1.29, 1.82) is 0 Å². The normalized spacial score (nSPS) is 16.2. The second-order valence-electron chi connectivity index (χ2n) is 7.12. The number of sulfone groups is 1. The first-order valence-electron chi connectivity index (χ1n) is 9.07. The molecule has 1 atom stereocenters. The molecule has 1 saturated heterocycles. The summed E-state index contributed by atoms with van der Waals surface area (Å²) in [5.74, 6) is 0. The van der Waals surface area contributed by atoms with Crippen LogP contribution in [0.5, 0.6) is 0 Å². The second kappa shape index (κ2) is 8.09. The quantitative estimate of drug-likeness (QED) is 0.792. The van der Waals surface area contributed by atoms with Crippen LogP contribution in [-0.4, -0.2) is 40.9 Å². The molecule has 0 saturated carbocycles. The van der Waals surface area contributed by atoms with Gasteiger partial charge in [0.05, 0.1) is 10.6 Å². The van der Waals surface area contributed by atoms with Gasteiger partial charge in [-0.1, -0.05) is 17.7 Å². The van der Waals surface area contributed by atoms with E-state index in [0.29, 0.717) is 15.6 Å². The molecular weight excluding hydrogens is 382 g/mol. The molecule has 2 N–H and O–H groups in total. The Balaban J connectivity index is 1.95. The summed E-state index contributed by atoms with van der Waals surface area (Å²) in [5.41, 5.74) is 3.75. The molecule has 27 heavy (non-hydrogen) atoms. The zero-order valence-electron chi connectivity index (χ0n) is 15.9. The molecule has 1 fully saturated rings. The fraction of sp³-hybridized carbons (Fsp3) is 0.400. The van der Waals surface area contributed by atoms with Gasteiger partial charge in [0.2, 0.25) is 0 Å². The van der Waals surface area contributed by atoms with Crippen molar-refractivity contribution in [1.82, 2.24) is 5.32 Å². The molecular formula is C20H26ClN3O2S. The van der Waals surface area contributed by atoms with E-state index in [-0.39, 0.29) is 6.04 Å². The second-order valence-corrected chi connectivity index (χ2v) is 9.54. The van der Waals surface area contributed by atoms with Gasteiger partial charge in [-0.3, -0.25) is 0 Å². The molecule has 1 unspecified atom stereocenters. The van der Waals surface area contributed by atoms with Gasteiger partial charge in [-0.25, -0.2) is 8.42 Å². The van der Waals surface area contributed by atoms with Crippen molar-refractivity contribution in [2.45, 2.75) is 24.8 Å². The van der Waals surface area contributed by atoms with E-state index < -0.39 is 9.84 Å². The Morgan fingerprint density at radius 3 is 2.48 bits per heavy atom. The molecule has 1 aliphatic heterocycles. The lowest BCUT2D eigenvalue weighted by Gasteiger charge is -2.30. The number of rotatable bonds is 5. The molecule has 146 valence electrons. The third-order valence-electron chi connectivity index (χ3n) is 4.78. The molecule has 2 aromatic rings.